The molecule has 1 aliphatic carbocycles. The molecule has 0 radical (unpaired) electrons. The van der Waals surface area contributed by atoms with Gasteiger partial charge in [0.25, 0.3) is 0 Å². The normalized spacial score (nSPS) is 14.7. The minimum Gasteiger partial charge on any atom is -0.334 e. The lowest BCUT2D eigenvalue weighted by Crippen LogP contribution is -2.57. The summed E-state index contributed by atoms with van der Waals surface area (Å²) in [6.45, 7) is 1.82. The summed E-state index contributed by atoms with van der Waals surface area (Å²) in [6.07, 6.45) is 2.93. The fourth-order valence-corrected chi connectivity index (χ4v) is 4.84. The van der Waals surface area contributed by atoms with Crippen LogP contribution >= 0.6 is 11.3 Å². The third-order valence-electron chi connectivity index (χ3n) is 5.47. The highest BCUT2D eigenvalue weighted by Crippen LogP contribution is 2.32. The quantitative estimate of drug-likeness (QED) is 0.454. The molecular weight excluding hydrogens is 426 g/mol. The summed E-state index contributed by atoms with van der Waals surface area (Å²) in [4.78, 5) is 41.4. The van der Waals surface area contributed by atoms with E-state index in [0.29, 0.717) is 30.2 Å². The lowest BCUT2D eigenvalue weighted by Gasteiger charge is -2.29. The van der Waals surface area contributed by atoms with Gasteiger partial charge in [-0.2, -0.15) is 0 Å². The van der Waals surface area contributed by atoms with Gasteiger partial charge < -0.3 is 21.3 Å². The van der Waals surface area contributed by atoms with Crippen molar-refractivity contribution in [2.75, 3.05) is 10.6 Å². The molecule has 4 N–H and O–H groups in total. The predicted molar refractivity (Wildman–Crippen MR) is 126 cm³/mol. The van der Waals surface area contributed by atoms with Crippen LogP contribution in [0.2, 0.25) is 0 Å². The van der Waals surface area contributed by atoms with E-state index in [1.165, 1.54) is 18.3 Å². The van der Waals surface area contributed by atoms with E-state index in [4.69, 9.17) is 0 Å². The molecule has 0 atom stereocenters. The minimum atomic E-state index is -0.940. The molecule has 0 aliphatic heterocycles. The second-order valence-electron chi connectivity index (χ2n) is 7.92. The SMILES string of the molecule is CC(=O)Nc1nc2ccc(NC(=O)C3(NC(=O)NCc4ccccc4)CCCC3)cc2s1. The van der Waals surface area contributed by atoms with Crippen molar-refractivity contribution in [3.63, 3.8) is 0 Å². The number of anilines is 2. The number of aromatic nitrogens is 1. The second-order valence-corrected chi connectivity index (χ2v) is 8.95. The summed E-state index contributed by atoms with van der Waals surface area (Å²) in [5.41, 5.74) is 1.42. The molecule has 32 heavy (non-hydrogen) atoms. The van der Waals surface area contributed by atoms with E-state index >= 15 is 0 Å². The number of hydrogen-bond donors (Lipinski definition) is 4. The molecule has 0 bridgehead atoms. The number of carbonyl (C=O) groups is 3. The Bertz CT molecular complexity index is 1140. The van der Waals surface area contributed by atoms with Gasteiger partial charge in [0.2, 0.25) is 11.8 Å². The average Bonchev–Trinajstić information content (AvgIpc) is 3.39. The Hall–Kier alpha value is -3.46. The molecule has 166 valence electrons. The maximum Gasteiger partial charge on any atom is 0.315 e. The fourth-order valence-electron chi connectivity index (χ4n) is 3.88. The van der Waals surface area contributed by atoms with Crippen LogP contribution in [0.15, 0.2) is 48.5 Å². The third kappa shape index (κ3) is 5.05. The number of carbonyl (C=O) groups excluding carboxylic acids is 3. The summed E-state index contributed by atoms with van der Waals surface area (Å²) in [7, 11) is 0. The number of thiazole rings is 1. The van der Waals surface area contributed by atoms with Crippen LogP contribution in [0.1, 0.15) is 38.2 Å². The van der Waals surface area contributed by atoms with Gasteiger partial charge in [-0.1, -0.05) is 54.5 Å². The van der Waals surface area contributed by atoms with E-state index in [1.54, 1.807) is 12.1 Å². The van der Waals surface area contributed by atoms with E-state index in [0.717, 1.165) is 28.6 Å². The predicted octanol–water partition coefficient (Wildman–Crippen LogP) is 4.01. The molecule has 0 unspecified atom stereocenters. The van der Waals surface area contributed by atoms with Crippen LogP contribution < -0.4 is 21.3 Å². The van der Waals surface area contributed by atoms with Crippen LogP contribution in [-0.4, -0.2) is 28.4 Å². The first-order valence-electron chi connectivity index (χ1n) is 10.5. The summed E-state index contributed by atoms with van der Waals surface area (Å²) < 4.78 is 0.848. The highest BCUT2D eigenvalue weighted by atomic mass is 32.1. The Labute approximate surface area is 189 Å². The van der Waals surface area contributed by atoms with Gasteiger partial charge in [-0.3, -0.25) is 9.59 Å². The van der Waals surface area contributed by atoms with Crippen molar-refractivity contribution < 1.29 is 14.4 Å². The average molecular weight is 452 g/mol. The Morgan fingerprint density at radius 3 is 2.50 bits per heavy atom. The standard InChI is InChI=1S/C23H25N5O3S/c1-15(29)25-22-27-18-10-9-17(13-19(18)32-22)26-20(30)23(11-5-6-12-23)28-21(31)24-14-16-7-3-2-4-8-16/h2-4,7-10,13H,5-6,11-12,14H2,1H3,(H,26,30)(H2,24,28,31)(H,25,27,29). The van der Waals surface area contributed by atoms with Crippen LogP contribution in [0.4, 0.5) is 15.6 Å². The maximum absolute atomic E-state index is 13.2. The number of hydrogen-bond acceptors (Lipinski definition) is 5. The van der Waals surface area contributed by atoms with E-state index < -0.39 is 5.54 Å². The molecule has 1 aliphatic rings. The van der Waals surface area contributed by atoms with Crippen molar-refractivity contribution in [3.05, 3.63) is 54.1 Å². The molecule has 2 aromatic carbocycles. The smallest absolute Gasteiger partial charge is 0.315 e. The van der Waals surface area contributed by atoms with Crippen molar-refractivity contribution in [1.29, 1.82) is 0 Å². The molecule has 9 heteroatoms. The molecule has 1 heterocycles. The number of rotatable bonds is 6. The number of fused-ring (bicyclic) bond motifs is 1. The van der Waals surface area contributed by atoms with Gasteiger partial charge in [-0.25, -0.2) is 9.78 Å². The Morgan fingerprint density at radius 2 is 1.78 bits per heavy atom. The lowest BCUT2D eigenvalue weighted by molar-refractivity contribution is -0.121. The van der Waals surface area contributed by atoms with Crippen LogP contribution in [-0.2, 0) is 16.1 Å². The van der Waals surface area contributed by atoms with Crippen LogP contribution in [0.25, 0.3) is 10.2 Å². The number of amides is 4. The molecule has 0 saturated heterocycles. The van der Waals surface area contributed by atoms with E-state index in [1.807, 2.05) is 36.4 Å². The highest BCUT2D eigenvalue weighted by Gasteiger charge is 2.42. The number of urea groups is 1. The highest BCUT2D eigenvalue weighted by molar-refractivity contribution is 7.22. The zero-order valence-corrected chi connectivity index (χ0v) is 18.6. The van der Waals surface area contributed by atoms with Gasteiger partial charge in [-0.05, 0) is 36.6 Å². The van der Waals surface area contributed by atoms with Crippen LogP contribution in [0, 0.1) is 0 Å². The molecule has 1 fully saturated rings. The summed E-state index contributed by atoms with van der Waals surface area (Å²) in [5, 5.41) is 11.9. The Morgan fingerprint density at radius 1 is 1.03 bits per heavy atom. The Balaban J connectivity index is 1.43. The summed E-state index contributed by atoms with van der Waals surface area (Å²) >= 11 is 1.34. The number of benzene rings is 2. The van der Waals surface area contributed by atoms with Gasteiger partial charge in [-0.15, -0.1) is 0 Å². The number of nitrogens with zero attached hydrogens (tertiary/aromatic N) is 1. The first kappa shape index (κ1) is 21.8. The van der Waals surface area contributed by atoms with Gasteiger partial charge >= 0.3 is 6.03 Å². The van der Waals surface area contributed by atoms with Crippen molar-refractivity contribution in [2.45, 2.75) is 44.7 Å². The van der Waals surface area contributed by atoms with Crippen LogP contribution in [0.3, 0.4) is 0 Å². The summed E-state index contributed by atoms with van der Waals surface area (Å²) in [5.74, 6) is -0.409. The Kier molecular flexibility index (Phi) is 6.36. The second kappa shape index (κ2) is 9.35. The van der Waals surface area contributed by atoms with E-state index in [-0.39, 0.29) is 17.8 Å². The van der Waals surface area contributed by atoms with Gasteiger partial charge in [0.05, 0.1) is 10.2 Å². The maximum atomic E-state index is 13.2. The minimum absolute atomic E-state index is 0.183. The van der Waals surface area contributed by atoms with Gasteiger partial charge in [0.1, 0.15) is 5.54 Å². The molecule has 4 rings (SSSR count). The van der Waals surface area contributed by atoms with Crippen molar-refractivity contribution in [2.24, 2.45) is 0 Å². The van der Waals surface area contributed by atoms with Gasteiger partial charge in [0, 0.05) is 19.2 Å². The zero-order valence-electron chi connectivity index (χ0n) is 17.7. The van der Waals surface area contributed by atoms with Crippen molar-refractivity contribution >= 4 is 50.2 Å². The van der Waals surface area contributed by atoms with Crippen molar-refractivity contribution in [1.82, 2.24) is 15.6 Å². The number of nitrogens with one attached hydrogen (secondary N) is 4. The monoisotopic (exact) mass is 451 g/mol. The summed E-state index contributed by atoms with van der Waals surface area (Å²) in [6, 6.07) is 14.7. The molecular formula is C23H25N5O3S. The topological polar surface area (TPSA) is 112 Å². The first-order valence-corrected chi connectivity index (χ1v) is 11.3. The molecule has 0 spiro atoms. The molecule has 1 saturated carbocycles. The van der Waals surface area contributed by atoms with Crippen molar-refractivity contribution in [3.8, 4) is 0 Å². The largest absolute Gasteiger partial charge is 0.334 e. The lowest BCUT2D eigenvalue weighted by atomic mass is 9.96. The molecule has 8 nitrogen and oxygen atoms in total. The van der Waals surface area contributed by atoms with Crippen LogP contribution in [0.5, 0.6) is 0 Å². The van der Waals surface area contributed by atoms with Gasteiger partial charge in [0.15, 0.2) is 5.13 Å². The van der Waals surface area contributed by atoms with E-state index in [2.05, 4.69) is 26.3 Å². The zero-order chi connectivity index (χ0) is 22.6. The fraction of sp³-hybridized carbons (Fsp3) is 0.304. The molecule has 4 amide bonds. The molecule has 1 aromatic heterocycles. The van der Waals surface area contributed by atoms with E-state index in [9.17, 15) is 14.4 Å². The third-order valence-corrected chi connectivity index (χ3v) is 6.40. The molecule has 3 aromatic rings. The first-order chi connectivity index (χ1) is 15.4.